The fraction of sp³-hybridized carbons (Fsp3) is 0.857. The molecular formula is C14H23N3S. The molecule has 2 fully saturated rings. The first-order valence-corrected chi connectivity index (χ1v) is 8.16. The molecule has 2 saturated carbocycles. The van der Waals surface area contributed by atoms with Crippen molar-refractivity contribution in [3.05, 3.63) is 5.82 Å². The van der Waals surface area contributed by atoms with Crippen LogP contribution in [0.1, 0.15) is 63.6 Å². The zero-order valence-corrected chi connectivity index (χ0v) is 12.0. The van der Waals surface area contributed by atoms with Crippen molar-refractivity contribution in [3.8, 4) is 0 Å². The van der Waals surface area contributed by atoms with Crippen molar-refractivity contribution in [2.75, 3.05) is 11.9 Å². The molecule has 1 aromatic heterocycles. The lowest BCUT2D eigenvalue weighted by Gasteiger charge is -2.25. The van der Waals surface area contributed by atoms with Crippen molar-refractivity contribution in [2.45, 2.75) is 57.8 Å². The van der Waals surface area contributed by atoms with Gasteiger partial charge in [-0.15, -0.1) is 0 Å². The van der Waals surface area contributed by atoms with Crippen LogP contribution in [0.4, 0.5) is 5.13 Å². The molecule has 2 aliphatic carbocycles. The van der Waals surface area contributed by atoms with Gasteiger partial charge in [-0.3, -0.25) is 0 Å². The van der Waals surface area contributed by atoms with Gasteiger partial charge in [-0.05, 0) is 31.1 Å². The second kappa shape index (κ2) is 5.55. The van der Waals surface area contributed by atoms with Crippen LogP contribution in [-0.2, 0) is 0 Å². The van der Waals surface area contributed by atoms with E-state index < -0.39 is 0 Å². The van der Waals surface area contributed by atoms with Gasteiger partial charge in [-0.25, -0.2) is 4.98 Å². The summed E-state index contributed by atoms with van der Waals surface area (Å²) in [6, 6.07) is 0. The van der Waals surface area contributed by atoms with E-state index in [4.69, 9.17) is 0 Å². The van der Waals surface area contributed by atoms with E-state index in [9.17, 15) is 0 Å². The largest absolute Gasteiger partial charge is 0.360 e. The maximum atomic E-state index is 4.56. The lowest BCUT2D eigenvalue weighted by molar-refractivity contribution is 0.282. The number of hydrogen-bond acceptors (Lipinski definition) is 4. The molecule has 0 radical (unpaired) electrons. The molecule has 3 nitrogen and oxygen atoms in total. The lowest BCUT2D eigenvalue weighted by Crippen LogP contribution is -2.15. The van der Waals surface area contributed by atoms with E-state index in [1.165, 1.54) is 56.5 Å². The second-order valence-electron chi connectivity index (χ2n) is 6.07. The molecule has 0 aliphatic heterocycles. The van der Waals surface area contributed by atoms with E-state index in [0.29, 0.717) is 5.92 Å². The number of nitrogens with zero attached hydrogens (tertiary/aromatic N) is 2. The molecule has 1 N–H and O–H groups in total. The zero-order chi connectivity index (χ0) is 12.4. The summed E-state index contributed by atoms with van der Waals surface area (Å²) >= 11 is 1.53. The van der Waals surface area contributed by atoms with E-state index in [0.717, 1.165) is 29.3 Å². The second-order valence-corrected chi connectivity index (χ2v) is 6.83. The third-order valence-corrected chi connectivity index (χ3v) is 5.04. The number of aromatic nitrogens is 2. The summed E-state index contributed by atoms with van der Waals surface area (Å²) in [5.74, 6) is 3.65. The van der Waals surface area contributed by atoms with Gasteiger partial charge >= 0.3 is 0 Å². The lowest BCUT2D eigenvalue weighted by atomic mass is 9.81. The summed E-state index contributed by atoms with van der Waals surface area (Å²) in [6.45, 7) is 3.45. The molecular weight excluding hydrogens is 242 g/mol. The highest BCUT2D eigenvalue weighted by Gasteiger charge is 2.27. The summed E-state index contributed by atoms with van der Waals surface area (Å²) in [7, 11) is 0. The minimum Gasteiger partial charge on any atom is -0.360 e. The highest BCUT2D eigenvalue weighted by atomic mass is 32.1. The Labute approximate surface area is 114 Å². The molecule has 100 valence electrons. The normalized spacial score (nSPS) is 28.3. The van der Waals surface area contributed by atoms with Crippen molar-refractivity contribution >= 4 is 16.7 Å². The van der Waals surface area contributed by atoms with Crippen LogP contribution >= 0.6 is 11.5 Å². The van der Waals surface area contributed by atoms with Crippen LogP contribution in [0.25, 0.3) is 0 Å². The van der Waals surface area contributed by atoms with Crippen molar-refractivity contribution in [2.24, 2.45) is 11.8 Å². The molecule has 0 unspecified atom stereocenters. The minimum absolute atomic E-state index is 0.677. The fourth-order valence-electron chi connectivity index (χ4n) is 2.82. The average Bonchev–Trinajstić information content (AvgIpc) is 3.12. The molecule has 0 spiro atoms. The first-order chi connectivity index (χ1) is 8.81. The molecule has 3 rings (SSSR count). The smallest absolute Gasteiger partial charge is 0.202 e. The fourth-order valence-corrected chi connectivity index (χ4v) is 3.49. The highest BCUT2D eigenvalue weighted by Crippen LogP contribution is 2.39. The van der Waals surface area contributed by atoms with Crippen LogP contribution in [0, 0.1) is 11.8 Å². The predicted octanol–water partition coefficient (Wildman–Crippen LogP) is 4.04. The molecule has 0 bridgehead atoms. The molecule has 0 atom stereocenters. The third kappa shape index (κ3) is 3.22. The number of rotatable bonds is 5. The quantitative estimate of drug-likeness (QED) is 0.873. The van der Waals surface area contributed by atoms with E-state index in [1.807, 2.05) is 0 Å². The van der Waals surface area contributed by atoms with Gasteiger partial charge in [0.25, 0.3) is 0 Å². The van der Waals surface area contributed by atoms with Gasteiger partial charge in [0, 0.05) is 24.0 Å². The maximum Gasteiger partial charge on any atom is 0.202 e. The first kappa shape index (κ1) is 12.4. The van der Waals surface area contributed by atoms with Gasteiger partial charge in [0.05, 0.1) is 0 Å². The molecule has 2 aliphatic rings. The predicted molar refractivity (Wildman–Crippen MR) is 76.1 cm³/mol. The average molecular weight is 265 g/mol. The molecule has 18 heavy (non-hydrogen) atoms. The van der Waals surface area contributed by atoms with E-state index in [2.05, 4.69) is 21.6 Å². The number of nitrogens with one attached hydrogen (secondary N) is 1. The van der Waals surface area contributed by atoms with Crippen molar-refractivity contribution in [3.63, 3.8) is 0 Å². The Hall–Kier alpha value is -0.640. The molecule has 0 amide bonds. The van der Waals surface area contributed by atoms with Gasteiger partial charge in [0.2, 0.25) is 5.13 Å². The molecule has 1 aromatic rings. The van der Waals surface area contributed by atoms with Crippen molar-refractivity contribution < 1.29 is 0 Å². The molecule has 0 saturated heterocycles. The standard InChI is InChI=1S/C14H23N3S/c1-10-2-4-11(5-3-10)8-9-15-14-16-13(17-18-14)12-6-7-12/h10-12H,2-9H2,1H3,(H,15,16,17). The summed E-state index contributed by atoms with van der Waals surface area (Å²) in [4.78, 5) is 4.56. The molecule has 1 heterocycles. The highest BCUT2D eigenvalue weighted by molar-refractivity contribution is 7.09. The summed E-state index contributed by atoms with van der Waals surface area (Å²) < 4.78 is 4.42. The SMILES string of the molecule is CC1CCC(CCNc2nc(C3CC3)ns2)CC1. The number of anilines is 1. The molecule has 4 heteroatoms. The summed E-state index contributed by atoms with van der Waals surface area (Å²) in [5, 5.41) is 4.48. The number of hydrogen-bond donors (Lipinski definition) is 1. The van der Waals surface area contributed by atoms with Crippen LogP contribution in [0.3, 0.4) is 0 Å². The Morgan fingerprint density at radius 2 is 1.94 bits per heavy atom. The Balaban J connectivity index is 1.38. The summed E-state index contributed by atoms with van der Waals surface area (Å²) in [6.07, 6.45) is 9.57. The summed E-state index contributed by atoms with van der Waals surface area (Å²) in [5.41, 5.74) is 0. The van der Waals surface area contributed by atoms with Crippen molar-refractivity contribution in [1.29, 1.82) is 0 Å². The maximum absolute atomic E-state index is 4.56. The minimum atomic E-state index is 0.677. The van der Waals surface area contributed by atoms with Crippen molar-refractivity contribution in [1.82, 2.24) is 9.36 Å². The first-order valence-electron chi connectivity index (χ1n) is 7.38. The van der Waals surface area contributed by atoms with Gasteiger partial charge < -0.3 is 5.32 Å². The van der Waals surface area contributed by atoms with E-state index >= 15 is 0 Å². The van der Waals surface area contributed by atoms with Crippen LogP contribution in [-0.4, -0.2) is 15.9 Å². The Morgan fingerprint density at radius 1 is 1.17 bits per heavy atom. The van der Waals surface area contributed by atoms with Crippen LogP contribution in [0.15, 0.2) is 0 Å². The Bertz CT molecular complexity index is 378. The molecule has 0 aromatic carbocycles. The van der Waals surface area contributed by atoms with Gasteiger partial charge in [0.15, 0.2) is 0 Å². The van der Waals surface area contributed by atoms with Crippen LogP contribution in [0.5, 0.6) is 0 Å². The van der Waals surface area contributed by atoms with E-state index in [1.54, 1.807) is 0 Å². The van der Waals surface area contributed by atoms with Gasteiger partial charge in [-0.1, -0.05) is 32.6 Å². The van der Waals surface area contributed by atoms with Crippen LogP contribution < -0.4 is 5.32 Å². The third-order valence-electron chi connectivity index (χ3n) is 4.35. The van der Waals surface area contributed by atoms with Gasteiger partial charge in [-0.2, -0.15) is 4.37 Å². The van der Waals surface area contributed by atoms with Gasteiger partial charge in [0.1, 0.15) is 5.82 Å². The van der Waals surface area contributed by atoms with Crippen LogP contribution in [0.2, 0.25) is 0 Å². The van der Waals surface area contributed by atoms with E-state index in [-0.39, 0.29) is 0 Å². The Morgan fingerprint density at radius 3 is 2.67 bits per heavy atom. The zero-order valence-electron chi connectivity index (χ0n) is 11.2. The monoisotopic (exact) mass is 265 g/mol. The Kier molecular flexibility index (Phi) is 3.83. The topological polar surface area (TPSA) is 37.8 Å².